The molecule has 0 radical (unpaired) electrons. The van der Waals surface area contributed by atoms with Crippen LogP contribution < -0.4 is 0 Å². The first-order valence-electron chi connectivity index (χ1n) is 7.09. The van der Waals surface area contributed by atoms with E-state index in [-0.39, 0.29) is 11.1 Å². The number of aliphatic hydroxyl groups is 1. The van der Waals surface area contributed by atoms with Gasteiger partial charge in [0.2, 0.25) is 0 Å². The van der Waals surface area contributed by atoms with Crippen molar-refractivity contribution in [2.45, 2.75) is 84.2 Å². The predicted molar refractivity (Wildman–Crippen MR) is 82.4 cm³/mol. The van der Waals surface area contributed by atoms with Gasteiger partial charge in [-0.25, -0.2) is 0 Å². The summed E-state index contributed by atoms with van der Waals surface area (Å²) in [7, 11) is -1.61. The molecule has 0 amide bonds. The molecule has 0 unspecified atom stereocenters. The largest absolute Gasteiger partial charge is 0.414 e. The van der Waals surface area contributed by atoms with Crippen LogP contribution in [-0.4, -0.2) is 25.6 Å². The Morgan fingerprint density at radius 3 is 2.22 bits per heavy atom. The number of rotatable bonds is 7. The Bertz CT molecular complexity index is 252. The van der Waals surface area contributed by atoms with Crippen LogP contribution in [0.25, 0.3) is 0 Å². The average molecular weight is 273 g/mol. The SMILES string of the molecule is C[C@H](O)/C=C\CCC[C@H](C)O[Si](C)(C)C(C)(C)C. The predicted octanol–water partition coefficient (Wildman–Crippen LogP) is 4.50. The van der Waals surface area contributed by atoms with E-state index in [1.165, 1.54) is 0 Å². The van der Waals surface area contributed by atoms with Crippen LogP contribution in [0.4, 0.5) is 0 Å². The minimum absolute atomic E-state index is 0.285. The van der Waals surface area contributed by atoms with Crippen molar-refractivity contribution < 1.29 is 9.53 Å². The van der Waals surface area contributed by atoms with Gasteiger partial charge < -0.3 is 9.53 Å². The molecule has 0 aromatic heterocycles. The maximum absolute atomic E-state index is 9.10. The lowest BCUT2D eigenvalue weighted by Gasteiger charge is -2.38. The number of hydrogen-bond acceptors (Lipinski definition) is 2. The van der Waals surface area contributed by atoms with Crippen molar-refractivity contribution in [2.24, 2.45) is 0 Å². The van der Waals surface area contributed by atoms with Crippen molar-refractivity contribution in [2.75, 3.05) is 0 Å². The molecule has 0 saturated heterocycles. The zero-order valence-corrected chi connectivity index (χ0v) is 14.3. The lowest BCUT2D eigenvalue weighted by atomic mass is 10.1. The van der Waals surface area contributed by atoms with E-state index in [4.69, 9.17) is 9.53 Å². The van der Waals surface area contributed by atoms with Gasteiger partial charge in [-0.15, -0.1) is 0 Å². The van der Waals surface area contributed by atoms with Crippen molar-refractivity contribution >= 4 is 8.32 Å². The maximum atomic E-state index is 9.10. The van der Waals surface area contributed by atoms with E-state index in [0.29, 0.717) is 6.10 Å². The van der Waals surface area contributed by atoms with Crippen LogP contribution in [-0.2, 0) is 4.43 Å². The molecule has 2 atom stereocenters. The van der Waals surface area contributed by atoms with E-state index < -0.39 is 8.32 Å². The minimum atomic E-state index is -1.61. The van der Waals surface area contributed by atoms with Gasteiger partial charge >= 0.3 is 0 Å². The van der Waals surface area contributed by atoms with E-state index in [9.17, 15) is 0 Å². The normalized spacial score (nSPS) is 17.1. The second-order valence-electron chi connectivity index (χ2n) is 6.79. The molecule has 0 aliphatic carbocycles. The number of unbranched alkanes of at least 4 members (excludes halogenated alkanes) is 1. The third-order valence-corrected chi connectivity index (χ3v) is 8.30. The fraction of sp³-hybridized carbons (Fsp3) is 0.867. The molecular formula is C15H32O2Si. The second-order valence-corrected chi connectivity index (χ2v) is 11.5. The quantitative estimate of drug-likeness (QED) is 0.420. The van der Waals surface area contributed by atoms with Crippen molar-refractivity contribution in [3.05, 3.63) is 12.2 Å². The van der Waals surface area contributed by atoms with Gasteiger partial charge in [-0.3, -0.25) is 0 Å². The third kappa shape index (κ3) is 7.34. The molecule has 0 rings (SSSR count). The summed E-state index contributed by atoms with van der Waals surface area (Å²) in [4.78, 5) is 0. The highest BCUT2D eigenvalue weighted by Crippen LogP contribution is 2.37. The molecule has 0 spiro atoms. The minimum Gasteiger partial charge on any atom is -0.414 e. The lowest BCUT2D eigenvalue weighted by Crippen LogP contribution is -2.43. The first-order valence-corrected chi connectivity index (χ1v) is 9.99. The summed E-state index contributed by atoms with van der Waals surface area (Å²) in [5.74, 6) is 0. The molecule has 0 fully saturated rings. The highest BCUT2D eigenvalue weighted by molar-refractivity contribution is 6.74. The molecule has 18 heavy (non-hydrogen) atoms. The van der Waals surface area contributed by atoms with Crippen molar-refractivity contribution in [1.82, 2.24) is 0 Å². The Morgan fingerprint density at radius 1 is 1.22 bits per heavy atom. The van der Waals surface area contributed by atoms with Crippen molar-refractivity contribution in [1.29, 1.82) is 0 Å². The molecule has 0 bridgehead atoms. The van der Waals surface area contributed by atoms with Crippen LogP contribution in [0.5, 0.6) is 0 Å². The Morgan fingerprint density at radius 2 is 1.78 bits per heavy atom. The molecule has 0 aromatic carbocycles. The van der Waals surface area contributed by atoms with Crippen molar-refractivity contribution in [3.8, 4) is 0 Å². The van der Waals surface area contributed by atoms with Gasteiger partial charge in [0, 0.05) is 6.10 Å². The summed E-state index contributed by atoms with van der Waals surface area (Å²) in [6, 6.07) is 0. The monoisotopic (exact) mass is 272 g/mol. The molecule has 0 saturated carbocycles. The summed E-state index contributed by atoms with van der Waals surface area (Å²) in [5.41, 5.74) is 0. The number of aliphatic hydroxyl groups excluding tert-OH is 1. The highest BCUT2D eigenvalue weighted by Gasteiger charge is 2.38. The Balaban J connectivity index is 3.95. The van der Waals surface area contributed by atoms with Gasteiger partial charge in [0.25, 0.3) is 0 Å². The summed E-state index contributed by atoms with van der Waals surface area (Å²) in [6.45, 7) is 15.4. The average Bonchev–Trinajstić information content (AvgIpc) is 2.13. The topological polar surface area (TPSA) is 29.5 Å². The van der Waals surface area contributed by atoms with Crippen LogP contribution in [0.15, 0.2) is 12.2 Å². The summed E-state index contributed by atoms with van der Waals surface area (Å²) < 4.78 is 6.30. The zero-order chi connectivity index (χ0) is 14.4. The summed E-state index contributed by atoms with van der Waals surface area (Å²) in [6.07, 6.45) is 7.16. The summed E-state index contributed by atoms with van der Waals surface area (Å²) in [5, 5.41) is 9.38. The van der Waals surface area contributed by atoms with E-state index in [1.807, 2.05) is 6.08 Å². The van der Waals surface area contributed by atoms with E-state index in [2.05, 4.69) is 46.9 Å². The smallest absolute Gasteiger partial charge is 0.192 e. The first kappa shape index (κ1) is 17.9. The molecule has 3 heteroatoms. The van der Waals surface area contributed by atoms with Gasteiger partial charge in [0.05, 0.1) is 6.10 Å². The molecule has 0 aromatic rings. The number of hydrogen-bond donors (Lipinski definition) is 1. The van der Waals surface area contributed by atoms with Gasteiger partial charge in [0.15, 0.2) is 8.32 Å². The molecule has 0 aliphatic rings. The van der Waals surface area contributed by atoms with Gasteiger partial charge in [-0.1, -0.05) is 32.9 Å². The van der Waals surface area contributed by atoms with Crippen LogP contribution in [0.1, 0.15) is 53.9 Å². The fourth-order valence-electron chi connectivity index (χ4n) is 1.55. The van der Waals surface area contributed by atoms with Crippen LogP contribution in [0.2, 0.25) is 18.1 Å². The molecule has 0 aliphatic heterocycles. The second kappa shape index (κ2) is 7.46. The standard InChI is InChI=1S/C15H32O2Si/c1-13(16)11-9-8-10-12-14(2)17-18(6,7)15(3,4)5/h9,11,13-14,16H,8,10,12H2,1-7H3/b11-9-/t13-,14-/m0/s1. The maximum Gasteiger partial charge on any atom is 0.192 e. The first-order chi connectivity index (χ1) is 8.06. The molecular weight excluding hydrogens is 240 g/mol. The van der Waals surface area contributed by atoms with E-state index in [0.717, 1.165) is 19.3 Å². The number of allylic oxidation sites excluding steroid dienone is 1. The van der Waals surface area contributed by atoms with Gasteiger partial charge in [-0.2, -0.15) is 0 Å². The Kier molecular flexibility index (Phi) is 7.41. The highest BCUT2D eigenvalue weighted by atomic mass is 28.4. The van der Waals surface area contributed by atoms with Gasteiger partial charge in [0.1, 0.15) is 0 Å². The van der Waals surface area contributed by atoms with Crippen LogP contribution >= 0.6 is 0 Å². The van der Waals surface area contributed by atoms with Gasteiger partial charge in [-0.05, 0) is 51.2 Å². The molecule has 1 N–H and O–H groups in total. The van der Waals surface area contributed by atoms with E-state index in [1.54, 1.807) is 6.92 Å². The Labute approximate surface area is 115 Å². The van der Waals surface area contributed by atoms with E-state index >= 15 is 0 Å². The molecule has 2 nitrogen and oxygen atoms in total. The van der Waals surface area contributed by atoms with Crippen LogP contribution in [0, 0.1) is 0 Å². The molecule has 108 valence electrons. The lowest BCUT2D eigenvalue weighted by molar-refractivity contribution is 0.187. The fourth-order valence-corrected chi connectivity index (χ4v) is 3.03. The molecule has 0 heterocycles. The zero-order valence-electron chi connectivity index (χ0n) is 13.3. The third-order valence-electron chi connectivity index (χ3n) is 3.70. The van der Waals surface area contributed by atoms with Crippen LogP contribution in [0.3, 0.4) is 0 Å². The van der Waals surface area contributed by atoms with Crippen molar-refractivity contribution in [3.63, 3.8) is 0 Å². The summed E-state index contributed by atoms with van der Waals surface area (Å²) >= 11 is 0. The Hall–Kier alpha value is -0.123.